The van der Waals surface area contributed by atoms with E-state index in [0.717, 1.165) is 16.2 Å². The van der Waals surface area contributed by atoms with E-state index < -0.39 is 47.8 Å². The van der Waals surface area contributed by atoms with Crippen LogP contribution in [0.25, 0.3) is 0 Å². The molecule has 0 bridgehead atoms. The van der Waals surface area contributed by atoms with Gasteiger partial charge in [0.05, 0.1) is 36.6 Å². The number of thiophene rings is 1. The van der Waals surface area contributed by atoms with Crippen LogP contribution in [0.15, 0.2) is 84.9 Å². The van der Waals surface area contributed by atoms with Gasteiger partial charge in [0.2, 0.25) is 5.91 Å². The molecule has 0 radical (unpaired) electrons. The molecule has 0 unspecified atom stereocenters. The van der Waals surface area contributed by atoms with Crippen LogP contribution in [0.2, 0.25) is 0 Å². The number of anilines is 2. The summed E-state index contributed by atoms with van der Waals surface area (Å²) < 4.78 is 15.6. The molecular weight excluding hydrogens is 612 g/mol. The Labute approximate surface area is 267 Å². The number of hydrogen-bond donors (Lipinski definition) is 0. The molecule has 2 amide bonds. The van der Waals surface area contributed by atoms with Crippen molar-refractivity contribution in [2.45, 2.75) is 26.0 Å². The van der Waals surface area contributed by atoms with Crippen molar-refractivity contribution in [3.05, 3.63) is 112 Å². The number of methoxy groups -OCH3 is 1. The van der Waals surface area contributed by atoms with Gasteiger partial charge in [-0.2, -0.15) is 0 Å². The number of fused-ring (bicyclic) bond motifs is 1. The summed E-state index contributed by atoms with van der Waals surface area (Å²) in [5.41, 5.74) is 1.79. The van der Waals surface area contributed by atoms with Crippen molar-refractivity contribution < 1.29 is 43.0 Å². The molecule has 46 heavy (non-hydrogen) atoms. The summed E-state index contributed by atoms with van der Waals surface area (Å²) in [7, 11) is 1.17. The number of imide groups is 1. The number of rotatable bonds is 8. The lowest BCUT2D eigenvalue weighted by molar-refractivity contribution is -0.126. The van der Waals surface area contributed by atoms with Crippen LogP contribution in [0.1, 0.15) is 54.5 Å². The van der Waals surface area contributed by atoms with Crippen LogP contribution in [0.5, 0.6) is 5.75 Å². The highest BCUT2D eigenvalue weighted by atomic mass is 32.1. The Morgan fingerprint density at radius 3 is 2.13 bits per heavy atom. The Balaban J connectivity index is 1.37. The maximum absolute atomic E-state index is 14.3. The molecule has 11 nitrogen and oxygen atoms in total. The first-order chi connectivity index (χ1) is 22.2. The van der Waals surface area contributed by atoms with E-state index in [2.05, 4.69) is 0 Å². The largest absolute Gasteiger partial charge is 0.465 e. The fraction of sp³-hybridized carbons (Fsp3) is 0.206. The number of ether oxygens (including phenoxy) is 3. The van der Waals surface area contributed by atoms with Gasteiger partial charge >= 0.3 is 17.9 Å². The number of hydroxylamine groups is 1. The summed E-state index contributed by atoms with van der Waals surface area (Å²) in [6, 6.07) is 23.4. The molecule has 3 aromatic carbocycles. The first-order valence-corrected chi connectivity index (χ1v) is 15.2. The van der Waals surface area contributed by atoms with Crippen molar-refractivity contribution in [3.8, 4) is 5.75 Å². The van der Waals surface area contributed by atoms with E-state index in [1.165, 1.54) is 19.1 Å². The molecule has 1 aromatic heterocycles. The Morgan fingerprint density at radius 1 is 0.848 bits per heavy atom. The number of esters is 3. The molecule has 0 N–H and O–H groups in total. The van der Waals surface area contributed by atoms with Crippen molar-refractivity contribution >= 4 is 51.7 Å². The minimum Gasteiger partial charge on any atom is -0.465 e. The maximum Gasteiger partial charge on any atom is 0.348 e. The van der Waals surface area contributed by atoms with E-state index in [-0.39, 0.29) is 33.4 Å². The van der Waals surface area contributed by atoms with Gasteiger partial charge in [-0.3, -0.25) is 14.4 Å². The maximum atomic E-state index is 14.3. The SMILES string of the molecule is CCOC(=O)c1sc(N2C(=O)[C@H]3[C@H](ON(c4ccccc4)[C@@H]3c3ccc(OC(=O)c4ccccc4)cc3)C2=O)c(C(=O)OC)c1C. The highest BCUT2D eigenvalue weighted by Crippen LogP contribution is 2.50. The molecule has 0 spiro atoms. The molecule has 234 valence electrons. The van der Waals surface area contributed by atoms with Gasteiger partial charge in [0.15, 0.2) is 6.10 Å². The number of amides is 2. The second-order valence-electron chi connectivity index (χ2n) is 10.4. The van der Waals surface area contributed by atoms with E-state index in [1.807, 2.05) is 6.07 Å². The topological polar surface area (TPSA) is 129 Å². The predicted octanol–water partition coefficient (Wildman–Crippen LogP) is 5.29. The number of hydrogen-bond acceptors (Lipinski definition) is 11. The number of nitrogens with zero attached hydrogens (tertiary/aromatic N) is 2. The van der Waals surface area contributed by atoms with Gasteiger partial charge in [-0.25, -0.2) is 24.3 Å². The third-order valence-corrected chi connectivity index (χ3v) is 9.01. The van der Waals surface area contributed by atoms with Crippen LogP contribution in [0.3, 0.4) is 0 Å². The first kappa shape index (κ1) is 30.7. The molecule has 12 heteroatoms. The molecule has 6 rings (SSSR count). The summed E-state index contributed by atoms with van der Waals surface area (Å²) in [5.74, 6) is -4.04. The second kappa shape index (κ2) is 12.6. The van der Waals surface area contributed by atoms with Gasteiger partial charge in [0.25, 0.3) is 5.91 Å². The summed E-state index contributed by atoms with van der Waals surface area (Å²) in [4.78, 5) is 73.7. The lowest BCUT2D eigenvalue weighted by atomic mass is 9.90. The lowest BCUT2D eigenvalue weighted by Gasteiger charge is -2.28. The first-order valence-electron chi connectivity index (χ1n) is 14.4. The number of benzene rings is 3. The van der Waals surface area contributed by atoms with Gasteiger partial charge in [-0.05, 0) is 61.4 Å². The molecule has 0 saturated carbocycles. The van der Waals surface area contributed by atoms with Crippen molar-refractivity contribution in [2.75, 3.05) is 23.7 Å². The van der Waals surface area contributed by atoms with Gasteiger partial charge in [0.1, 0.15) is 21.5 Å². The van der Waals surface area contributed by atoms with Gasteiger partial charge in [-0.1, -0.05) is 48.5 Å². The molecule has 2 saturated heterocycles. The zero-order valence-electron chi connectivity index (χ0n) is 25.0. The van der Waals surface area contributed by atoms with Crippen molar-refractivity contribution in [2.24, 2.45) is 5.92 Å². The average Bonchev–Trinajstić information content (AvgIpc) is 3.71. The Morgan fingerprint density at radius 2 is 1.50 bits per heavy atom. The predicted molar refractivity (Wildman–Crippen MR) is 167 cm³/mol. The summed E-state index contributed by atoms with van der Waals surface area (Å²) in [5, 5.41) is 1.49. The Bertz CT molecular complexity index is 1820. The molecule has 3 heterocycles. The molecule has 4 aromatic rings. The smallest absolute Gasteiger partial charge is 0.348 e. The van der Waals surface area contributed by atoms with Crippen molar-refractivity contribution in [1.82, 2.24) is 0 Å². The second-order valence-corrected chi connectivity index (χ2v) is 11.4. The van der Waals surface area contributed by atoms with Crippen LogP contribution in [-0.2, 0) is 23.9 Å². The molecule has 0 aliphatic carbocycles. The lowest BCUT2D eigenvalue weighted by Crippen LogP contribution is -2.37. The van der Waals surface area contributed by atoms with Crippen LogP contribution in [0.4, 0.5) is 10.7 Å². The average molecular weight is 641 g/mol. The molecule has 3 atom stereocenters. The highest BCUT2D eigenvalue weighted by molar-refractivity contribution is 7.19. The van der Waals surface area contributed by atoms with Crippen LogP contribution in [-0.4, -0.2) is 49.5 Å². The molecule has 2 aliphatic rings. The summed E-state index contributed by atoms with van der Waals surface area (Å²) in [6.07, 6.45) is -1.23. The number of para-hydroxylation sites is 1. The minimum absolute atomic E-state index is 0.0337. The summed E-state index contributed by atoms with van der Waals surface area (Å²) >= 11 is 0.813. The molecular formula is C34H28N2O9S. The monoisotopic (exact) mass is 640 g/mol. The number of carbonyl (C=O) groups excluding carboxylic acids is 5. The summed E-state index contributed by atoms with van der Waals surface area (Å²) in [6.45, 7) is 3.28. The fourth-order valence-corrected chi connectivity index (χ4v) is 6.82. The third kappa shape index (κ3) is 5.31. The zero-order valence-corrected chi connectivity index (χ0v) is 25.8. The van der Waals surface area contributed by atoms with E-state index in [1.54, 1.807) is 85.8 Å². The molecule has 2 fully saturated rings. The normalized spacial score (nSPS) is 18.8. The third-order valence-electron chi connectivity index (χ3n) is 7.75. The van der Waals surface area contributed by atoms with Crippen molar-refractivity contribution in [1.29, 1.82) is 0 Å². The quantitative estimate of drug-likeness (QED) is 0.142. The van der Waals surface area contributed by atoms with E-state index in [4.69, 9.17) is 19.0 Å². The minimum atomic E-state index is -1.23. The van der Waals surface area contributed by atoms with Gasteiger partial charge in [-0.15, -0.1) is 11.3 Å². The van der Waals surface area contributed by atoms with E-state index in [0.29, 0.717) is 16.8 Å². The molecule has 2 aliphatic heterocycles. The van der Waals surface area contributed by atoms with E-state index >= 15 is 0 Å². The van der Waals surface area contributed by atoms with E-state index in [9.17, 15) is 24.0 Å². The fourth-order valence-electron chi connectivity index (χ4n) is 5.62. The van der Waals surface area contributed by atoms with Crippen LogP contribution < -0.4 is 14.7 Å². The van der Waals surface area contributed by atoms with Crippen molar-refractivity contribution in [3.63, 3.8) is 0 Å². The van der Waals surface area contributed by atoms with Gasteiger partial charge < -0.3 is 14.2 Å². The Kier molecular flexibility index (Phi) is 8.39. The highest BCUT2D eigenvalue weighted by Gasteiger charge is 2.61. The van der Waals surface area contributed by atoms with Crippen LogP contribution >= 0.6 is 11.3 Å². The number of carbonyl (C=O) groups is 5. The Hall–Kier alpha value is -5.33. The van der Waals surface area contributed by atoms with Gasteiger partial charge in [0, 0.05) is 0 Å². The zero-order chi connectivity index (χ0) is 32.5. The van der Waals surface area contributed by atoms with Crippen LogP contribution in [0, 0.1) is 12.8 Å². The standard InChI is InChI=1S/C34H28N2O9S/c1-4-43-34(41)28-19(2)24(33(40)42-3)31(46-28)35-29(37)25-26(36(45-27(25)30(35)38)22-13-9-6-10-14-22)20-15-17-23(18-16-20)44-32(39)21-11-7-5-8-12-21/h5-18,25-27H,4H2,1-3H3/t25-,26-,27+/m1/s1.